The topological polar surface area (TPSA) is 72.7 Å². The number of amides is 1. The second-order valence-electron chi connectivity index (χ2n) is 5.11. The highest BCUT2D eigenvalue weighted by Gasteiger charge is 2.15. The Labute approximate surface area is 154 Å². The van der Waals surface area contributed by atoms with Gasteiger partial charge in [-0.05, 0) is 43.3 Å². The molecule has 3 aromatic rings. The quantitative estimate of drug-likeness (QED) is 0.666. The first-order valence-corrected chi connectivity index (χ1v) is 9.06. The second-order valence-corrected chi connectivity index (χ2v) is 6.49. The van der Waals surface area contributed by atoms with Gasteiger partial charge in [0, 0.05) is 23.5 Å². The smallest absolute Gasteiger partial charge is 0.234 e. The molecule has 2 heterocycles. The maximum absolute atomic E-state index is 12.1. The van der Waals surface area contributed by atoms with Gasteiger partial charge in [-0.25, -0.2) is 0 Å². The van der Waals surface area contributed by atoms with Gasteiger partial charge in [-0.1, -0.05) is 29.4 Å². The van der Waals surface area contributed by atoms with Gasteiger partial charge in [-0.15, -0.1) is 10.2 Å². The molecule has 0 bridgehead atoms. The minimum Gasteiger partial charge on any atom is -0.325 e. The van der Waals surface area contributed by atoms with E-state index in [0.717, 1.165) is 5.69 Å². The number of carbonyl (C=O) groups excluding carboxylic acids is 1. The highest BCUT2D eigenvalue weighted by molar-refractivity contribution is 7.99. The predicted octanol–water partition coefficient (Wildman–Crippen LogP) is 3.74. The summed E-state index contributed by atoms with van der Waals surface area (Å²) in [5, 5.41) is 12.6. The fourth-order valence-corrected chi connectivity index (χ4v) is 3.15. The number of hydrogen-bond donors (Lipinski definition) is 1. The Hall–Kier alpha value is -2.38. The predicted molar refractivity (Wildman–Crippen MR) is 99.7 cm³/mol. The van der Waals surface area contributed by atoms with Crippen molar-refractivity contribution in [2.45, 2.75) is 18.6 Å². The van der Waals surface area contributed by atoms with Crippen LogP contribution in [0.2, 0.25) is 5.02 Å². The van der Waals surface area contributed by atoms with Gasteiger partial charge < -0.3 is 9.88 Å². The van der Waals surface area contributed by atoms with Crippen LogP contribution in [0.3, 0.4) is 0 Å². The summed E-state index contributed by atoms with van der Waals surface area (Å²) in [7, 11) is 0. The molecule has 0 aliphatic rings. The zero-order valence-corrected chi connectivity index (χ0v) is 15.1. The van der Waals surface area contributed by atoms with Gasteiger partial charge in [0.2, 0.25) is 5.91 Å². The standard InChI is InChI=1S/C17H16ClN5OS/c1-2-23-16(14-5-3-4-10-19-14)21-22-17(23)25-11-15(24)20-13-8-6-12(18)7-9-13/h3-10H,2,11H2,1H3,(H,20,24). The lowest BCUT2D eigenvalue weighted by Gasteiger charge is -2.07. The van der Waals surface area contributed by atoms with Crippen molar-refractivity contribution in [1.82, 2.24) is 19.7 Å². The lowest BCUT2D eigenvalue weighted by Crippen LogP contribution is -2.14. The molecule has 0 atom stereocenters. The van der Waals surface area contributed by atoms with Gasteiger partial charge in [0.1, 0.15) is 5.69 Å². The Morgan fingerprint density at radius 2 is 2.00 bits per heavy atom. The van der Waals surface area contributed by atoms with Gasteiger partial charge in [0.15, 0.2) is 11.0 Å². The Bertz CT molecular complexity index is 851. The number of carbonyl (C=O) groups is 1. The zero-order chi connectivity index (χ0) is 17.6. The van der Waals surface area contributed by atoms with Crippen LogP contribution in [-0.2, 0) is 11.3 Å². The highest BCUT2D eigenvalue weighted by Crippen LogP contribution is 2.23. The maximum Gasteiger partial charge on any atom is 0.234 e. The lowest BCUT2D eigenvalue weighted by atomic mass is 10.3. The summed E-state index contributed by atoms with van der Waals surface area (Å²) in [6.07, 6.45) is 1.72. The fourth-order valence-electron chi connectivity index (χ4n) is 2.23. The molecule has 128 valence electrons. The van der Waals surface area contributed by atoms with Gasteiger partial charge in [-0.2, -0.15) is 0 Å². The molecule has 3 rings (SSSR count). The summed E-state index contributed by atoms with van der Waals surface area (Å²) >= 11 is 7.18. The number of aromatic nitrogens is 4. The van der Waals surface area contributed by atoms with E-state index in [2.05, 4.69) is 20.5 Å². The highest BCUT2D eigenvalue weighted by atomic mass is 35.5. The number of nitrogens with zero attached hydrogens (tertiary/aromatic N) is 4. The summed E-state index contributed by atoms with van der Waals surface area (Å²) in [6, 6.07) is 12.6. The first-order chi connectivity index (χ1) is 12.2. The van der Waals surface area contributed by atoms with Crippen LogP contribution in [0.15, 0.2) is 53.8 Å². The summed E-state index contributed by atoms with van der Waals surface area (Å²) in [5.74, 6) is 0.823. The van der Waals surface area contributed by atoms with Crippen LogP contribution in [0.1, 0.15) is 6.92 Å². The molecule has 25 heavy (non-hydrogen) atoms. The molecule has 0 radical (unpaired) electrons. The third-order valence-electron chi connectivity index (χ3n) is 3.39. The third kappa shape index (κ3) is 4.37. The molecule has 1 N–H and O–H groups in total. The Morgan fingerprint density at radius 1 is 1.20 bits per heavy atom. The SMILES string of the molecule is CCn1c(SCC(=O)Nc2ccc(Cl)cc2)nnc1-c1ccccn1. The molecule has 0 aliphatic heterocycles. The molecule has 0 aliphatic carbocycles. The van der Waals surface area contributed by atoms with E-state index in [1.165, 1.54) is 11.8 Å². The molecule has 0 fully saturated rings. The number of thioether (sulfide) groups is 1. The average molecular weight is 374 g/mol. The molecule has 2 aromatic heterocycles. The monoisotopic (exact) mass is 373 g/mol. The van der Waals surface area contributed by atoms with Crippen molar-refractivity contribution in [1.29, 1.82) is 0 Å². The van der Waals surface area contributed by atoms with Crippen LogP contribution in [0.4, 0.5) is 5.69 Å². The first kappa shape index (κ1) is 17.4. The first-order valence-electron chi connectivity index (χ1n) is 7.70. The van der Waals surface area contributed by atoms with Crippen molar-refractivity contribution >= 4 is 35.0 Å². The number of pyridine rings is 1. The summed E-state index contributed by atoms with van der Waals surface area (Å²) in [4.78, 5) is 16.4. The van der Waals surface area contributed by atoms with E-state index in [1.54, 1.807) is 30.5 Å². The number of benzene rings is 1. The van der Waals surface area contributed by atoms with Crippen LogP contribution < -0.4 is 5.32 Å². The van der Waals surface area contributed by atoms with Crippen molar-refractivity contribution in [2.75, 3.05) is 11.1 Å². The summed E-state index contributed by atoms with van der Waals surface area (Å²) < 4.78 is 1.95. The van der Waals surface area contributed by atoms with Crippen molar-refractivity contribution in [3.05, 3.63) is 53.7 Å². The molecule has 1 amide bonds. The molecule has 6 nitrogen and oxygen atoms in total. The van der Waals surface area contributed by atoms with Gasteiger partial charge in [0.25, 0.3) is 0 Å². The van der Waals surface area contributed by atoms with E-state index in [1.807, 2.05) is 29.7 Å². The van der Waals surface area contributed by atoms with Crippen molar-refractivity contribution < 1.29 is 4.79 Å². The summed E-state index contributed by atoms with van der Waals surface area (Å²) in [5.41, 5.74) is 1.47. The summed E-state index contributed by atoms with van der Waals surface area (Å²) in [6.45, 7) is 2.70. The zero-order valence-electron chi connectivity index (χ0n) is 13.5. The normalized spacial score (nSPS) is 10.6. The van der Waals surface area contributed by atoms with Crippen LogP contribution in [-0.4, -0.2) is 31.4 Å². The van der Waals surface area contributed by atoms with Crippen LogP contribution in [0.5, 0.6) is 0 Å². The van der Waals surface area contributed by atoms with Crippen molar-refractivity contribution in [3.63, 3.8) is 0 Å². The Kier molecular flexibility index (Phi) is 5.67. The molecule has 0 spiro atoms. The van der Waals surface area contributed by atoms with Crippen molar-refractivity contribution in [2.24, 2.45) is 0 Å². The Morgan fingerprint density at radius 3 is 2.68 bits per heavy atom. The molecular formula is C17H16ClN5OS. The lowest BCUT2D eigenvalue weighted by molar-refractivity contribution is -0.113. The average Bonchev–Trinajstić information content (AvgIpc) is 3.05. The largest absolute Gasteiger partial charge is 0.325 e. The Balaban J connectivity index is 1.66. The van der Waals surface area contributed by atoms with Crippen molar-refractivity contribution in [3.8, 4) is 11.5 Å². The van der Waals surface area contributed by atoms with E-state index in [9.17, 15) is 4.79 Å². The van der Waals surface area contributed by atoms with Gasteiger partial charge >= 0.3 is 0 Å². The van der Waals surface area contributed by atoms with E-state index in [-0.39, 0.29) is 11.7 Å². The molecule has 0 saturated carbocycles. The van der Waals surface area contributed by atoms with E-state index < -0.39 is 0 Å². The minimum absolute atomic E-state index is 0.114. The van der Waals surface area contributed by atoms with Crippen LogP contribution in [0.25, 0.3) is 11.5 Å². The molecular weight excluding hydrogens is 358 g/mol. The number of halogens is 1. The maximum atomic E-state index is 12.1. The molecule has 0 unspecified atom stereocenters. The number of anilines is 1. The van der Waals surface area contributed by atoms with Crippen LogP contribution in [0, 0.1) is 0 Å². The van der Waals surface area contributed by atoms with Gasteiger partial charge in [-0.3, -0.25) is 9.78 Å². The molecule has 0 saturated heterocycles. The van der Waals surface area contributed by atoms with Crippen LogP contribution >= 0.6 is 23.4 Å². The minimum atomic E-state index is -0.114. The van der Waals surface area contributed by atoms with E-state index >= 15 is 0 Å². The second kappa shape index (κ2) is 8.13. The van der Waals surface area contributed by atoms with E-state index in [4.69, 9.17) is 11.6 Å². The third-order valence-corrected chi connectivity index (χ3v) is 4.61. The number of hydrogen-bond acceptors (Lipinski definition) is 5. The van der Waals surface area contributed by atoms with Gasteiger partial charge in [0.05, 0.1) is 5.75 Å². The number of rotatable bonds is 6. The fraction of sp³-hybridized carbons (Fsp3) is 0.176. The van der Waals surface area contributed by atoms with E-state index in [0.29, 0.717) is 28.2 Å². The molecule has 8 heteroatoms. The molecule has 1 aromatic carbocycles. The number of nitrogens with one attached hydrogen (secondary N) is 1.